The van der Waals surface area contributed by atoms with Gasteiger partial charge in [-0.25, -0.2) is 0 Å². The van der Waals surface area contributed by atoms with E-state index in [1.54, 1.807) is 0 Å². The molecule has 0 bridgehead atoms. The average Bonchev–Trinajstić information content (AvgIpc) is 3.77. The summed E-state index contributed by atoms with van der Waals surface area (Å²) in [7, 11) is 0. The molecule has 2 heterocycles. The molecular formula is C34H28Br2N2O4. The predicted molar refractivity (Wildman–Crippen MR) is 170 cm³/mol. The molecule has 0 saturated carbocycles. The van der Waals surface area contributed by atoms with Crippen LogP contribution >= 0.6 is 31.9 Å². The zero-order valence-electron chi connectivity index (χ0n) is 22.8. The number of hydrogen-bond donors (Lipinski definition) is 0. The van der Waals surface area contributed by atoms with Gasteiger partial charge in [0.1, 0.15) is 32.2 Å². The highest BCUT2D eigenvalue weighted by atomic mass is 79.9. The molecule has 0 N–H and O–H groups in total. The van der Waals surface area contributed by atoms with Gasteiger partial charge in [-0.15, -0.1) is 0 Å². The minimum atomic E-state index is -0.264. The molecule has 2 spiro atoms. The molecule has 0 saturated heterocycles. The Hall–Kier alpha value is -3.62. The van der Waals surface area contributed by atoms with Crippen LogP contribution in [0.2, 0.25) is 0 Å². The van der Waals surface area contributed by atoms with Crippen molar-refractivity contribution in [1.82, 2.24) is 0 Å². The fourth-order valence-corrected chi connectivity index (χ4v) is 7.24. The highest BCUT2D eigenvalue weighted by Crippen LogP contribution is 2.48. The zero-order chi connectivity index (χ0) is 28.6. The van der Waals surface area contributed by atoms with Crippen molar-refractivity contribution >= 4 is 41.1 Å². The summed E-state index contributed by atoms with van der Waals surface area (Å²) in [6.07, 6.45) is 5.57. The molecule has 212 valence electrons. The van der Waals surface area contributed by atoms with Gasteiger partial charge in [-0.1, -0.05) is 58.8 Å². The average molecular weight is 688 g/mol. The van der Waals surface area contributed by atoms with Crippen LogP contribution in [0, 0.1) is 0 Å². The van der Waals surface area contributed by atoms with Crippen LogP contribution in [-0.2, 0) is 33.7 Å². The third-order valence-corrected chi connectivity index (χ3v) is 9.04. The fourth-order valence-electron chi connectivity index (χ4n) is 6.19. The molecule has 42 heavy (non-hydrogen) atoms. The Morgan fingerprint density at radius 2 is 0.976 bits per heavy atom. The lowest BCUT2D eigenvalue weighted by Crippen LogP contribution is -2.21. The number of oxime groups is 2. The van der Waals surface area contributed by atoms with Crippen LogP contribution in [0.25, 0.3) is 0 Å². The van der Waals surface area contributed by atoms with Crippen LogP contribution in [0.4, 0.5) is 0 Å². The normalized spacial score (nSPS) is 22.8. The maximum absolute atomic E-state index is 5.90. The summed E-state index contributed by atoms with van der Waals surface area (Å²) >= 11 is 6.87. The molecule has 0 amide bonds. The first-order chi connectivity index (χ1) is 20.5. The van der Waals surface area contributed by atoms with E-state index in [9.17, 15) is 0 Å². The molecule has 8 heteroatoms. The molecule has 4 aromatic carbocycles. The van der Waals surface area contributed by atoms with E-state index in [1.807, 2.05) is 72.8 Å². The number of benzene rings is 4. The number of para-hydroxylation sites is 2. The monoisotopic (exact) mass is 686 g/mol. The number of aryl methyl sites for hydroxylation is 2. The number of nitrogens with zero attached hydrogens (tertiary/aromatic N) is 2. The number of fused-ring (bicyclic) bond motifs is 4. The van der Waals surface area contributed by atoms with Crippen molar-refractivity contribution < 1.29 is 19.1 Å². The van der Waals surface area contributed by atoms with E-state index in [2.05, 4.69) is 66.4 Å². The number of ether oxygens (including phenoxy) is 2. The topological polar surface area (TPSA) is 61.6 Å². The first-order valence-electron chi connectivity index (χ1n) is 14.0. The second-order valence-corrected chi connectivity index (χ2v) is 12.8. The second kappa shape index (κ2) is 11.2. The Morgan fingerprint density at radius 1 is 0.548 bits per heavy atom. The van der Waals surface area contributed by atoms with Crippen LogP contribution in [0.3, 0.4) is 0 Å². The minimum absolute atomic E-state index is 0.264. The summed E-state index contributed by atoms with van der Waals surface area (Å²) in [6, 6.07) is 32.2. The van der Waals surface area contributed by atoms with Gasteiger partial charge in [0.15, 0.2) is 11.2 Å². The summed E-state index contributed by atoms with van der Waals surface area (Å²) in [4.78, 5) is 11.4. The van der Waals surface area contributed by atoms with Crippen molar-refractivity contribution in [3.63, 3.8) is 0 Å². The molecule has 2 aliphatic heterocycles. The van der Waals surface area contributed by atoms with E-state index in [1.165, 1.54) is 22.3 Å². The lowest BCUT2D eigenvalue weighted by Gasteiger charge is -2.21. The third kappa shape index (κ3) is 5.34. The SMILES string of the molecule is BrC1=NO[C@@]2(CCc3cc(Oc4ccccc4)ccc32)C1.BrC1=NO[C@]2(CCc3cc(Oc4ccccc4)ccc32)C1. The van der Waals surface area contributed by atoms with Gasteiger partial charge in [0.05, 0.1) is 0 Å². The summed E-state index contributed by atoms with van der Waals surface area (Å²) < 4.78 is 13.6. The molecule has 2 aliphatic carbocycles. The molecule has 8 rings (SSSR count). The van der Waals surface area contributed by atoms with Gasteiger partial charge in [-0.2, -0.15) is 0 Å². The van der Waals surface area contributed by atoms with E-state index in [-0.39, 0.29) is 11.2 Å². The molecule has 4 aromatic rings. The maximum atomic E-state index is 5.90. The number of halogens is 2. The largest absolute Gasteiger partial charge is 0.457 e. The lowest BCUT2D eigenvalue weighted by molar-refractivity contribution is -0.0217. The van der Waals surface area contributed by atoms with Gasteiger partial charge >= 0.3 is 0 Å². The van der Waals surface area contributed by atoms with Gasteiger partial charge in [0, 0.05) is 24.0 Å². The summed E-state index contributed by atoms with van der Waals surface area (Å²) in [6.45, 7) is 0. The van der Waals surface area contributed by atoms with E-state index in [4.69, 9.17) is 19.1 Å². The van der Waals surface area contributed by atoms with Crippen molar-refractivity contribution in [2.24, 2.45) is 10.3 Å². The Morgan fingerprint density at radius 3 is 1.36 bits per heavy atom. The van der Waals surface area contributed by atoms with Crippen LogP contribution in [0.5, 0.6) is 23.0 Å². The van der Waals surface area contributed by atoms with Crippen molar-refractivity contribution in [2.45, 2.75) is 49.7 Å². The standard InChI is InChI=1S/2C17H14BrNO2/c2*18-16-11-17(21-19-16)9-8-12-10-14(6-7-15(12)17)20-13-4-2-1-3-5-13/h2*1-7,10H,8-9,11H2/t2*17-/m10/s1. The highest BCUT2D eigenvalue weighted by Gasteiger charge is 2.46. The Bertz CT molecular complexity index is 1550. The number of hydrogen-bond acceptors (Lipinski definition) is 6. The van der Waals surface area contributed by atoms with Crippen molar-refractivity contribution in [2.75, 3.05) is 0 Å². The predicted octanol–water partition coefficient (Wildman–Crippen LogP) is 9.50. The molecule has 0 unspecified atom stereocenters. The molecule has 6 nitrogen and oxygen atoms in total. The first-order valence-corrected chi connectivity index (χ1v) is 15.6. The quantitative estimate of drug-likeness (QED) is 0.214. The van der Waals surface area contributed by atoms with E-state index in [0.717, 1.165) is 70.8 Å². The van der Waals surface area contributed by atoms with Gasteiger partial charge in [-0.05, 0) is 117 Å². The maximum Gasteiger partial charge on any atom is 0.169 e. The van der Waals surface area contributed by atoms with Crippen molar-refractivity contribution in [1.29, 1.82) is 0 Å². The third-order valence-electron chi connectivity index (χ3n) is 8.19. The Kier molecular flexibility index (Phi) is 7.28. The van der Waals surface area contributed by atoms with Crippen LogP contribution in [0.1, 0.15) is 47.9 Å². The first kappa shape index (κ1) is 27.2. The van der Waals surface area contributed by atoms with Gasteiger partial charge in [0.2, 0.25) is 0 Å². The van der Waals surface area contributed by atoms with E-state index < -0.39 is 0 Å². The Labute approximate surface area is 261 Å². The Balaban J connectivity index is 0.000000137. The molecule has 2 atom stereocenters. The molecule has 0 aromatic heterocycles. The summed E-state index contributed by atoms with van der Waals surface area (Å²) in [5.41, 5.74) is 4.53. The molecule has 0 radical (unpaired) electrons. The van der Waals surface area contributed by atoms with Crippen LogP contribution in [-0.4, -0.2) is 9.24 Å². The molecule has 4 aliphatic rings. The molecular weight excluding hydrogens is 660 g/mol. The van der Waals surface area contributed by atoms with E-state index in [0.29, 0.717) is 0 Å². The number of rotatable bonds is 4. The van der Waals surface area contributed by atoms with E-state index >= 15 is 0 Å². The van der Waals surface area contributed by atoms with Crippen LogP contribution in [0.15, 0.2) is 107 Å². The van der Waals surface area contributed by atoms with Gasteiger partial charge < -0.3 is 19.1 Å². The summed E-state index contributed by atoms with van der Waals surface area (Å²) in [5.74, 6) is 3.45. The lowest BCUT2D eigenvalue weighted by atomic mass is 9.93. The fraction of sp³-hybridized carbons (Fsp3) is 0.235. The van der Waals surface area contributed by atoms with Gasteiger partial charge in [0.25, 0.3) is 0 Å². The summed E-state index contributed by atoms with van der Waals surface area (Å²) in [5, 5.41) is 8.13. The molecule has 0 fully saturated rings. The minimum Gasteiger partial charge on any atom is -0.457 e. The smallest absolute Gasteiger partial charge is 0.169 e. The second-order valence-electron chi connectivity index (χ2n) is 10.9. The highest BCUT2D eigenvalue weighted by molar-refractivity contribution is 9.18. The van der Waals surface area contributed by atoms with Gasteiger partial charge in [-0.3, -0.25) is 0 Å². The van der Waals surface area contributed by atoms with Crippen molar-refractivity contribution in [3.8, 4) is 23.0 Å². The zero-order valence-corrected chi connectivity index (χ0v) is 25.9. The van der Waals surface area contributed by atoms with Crippen molar-refractivity contribution in [3.05, 3.63) is 119 Å². The van der Waals surface area contributed by atoms with Crippen LogP contribution < -0.4 is 9.47 Å².